The number of methoxy groups -OCH3 is 1. The lowest BCUT2D eigenvalue weighted by Gasteiger charge is -2.19. The monoisotopic (exact) mass is 350 g/mol. The molecule has 25 heavy (non-hydrogen) atoms. The maximum absolute atomic E-state index is 10.1. The number of benzene rings is 1. The average molecular weight is 350 g/mol. The largest absolute Gasteiger partial charge is 0.497 e. The van der Waals surface area contributed by atoms with E-state index in [1.807, 2.05) is 51.1 Å². The maximum atomic E-state index is 10.1. The van der Waals surface area contributed by atoms with Gasteiger partial charge in [-0.25, -0.2) is 0 Å². The van der Waals surface area contributed by atoms with Crippen LogP contribution >= 0.6 is 0 Å². The van der Waals surface area contributed by atoms with Gasteiger partial charge in [0.15, 0.2) is 0 Å². The molecule has 4 nitrogen and oxygen atoms in total. The lowest BCUT2D eigenvalue weighted by molar-refractivity contribution is 0.0528. The molecule has 0 unspecified atom stereocenters. The van der Waals surface area contributed by atoms with Crippen LogP contribution in [0.15, 0.2) is 35.9 Å². The number of aliphatic hydroxyl groups excluding tert-OH is 2. The molecule has 3 atom stereocenters. The Morgan fingerprint density at radius 1 is 1.12 bits per heavy atom. The Kier molecular flexibility index (Phi) is 10.5. The summed E-state index contributed by atoms with van der Waals surface area (Å²) in [5, 5.41) is 20.2. The molecule has 0 aliphatic rings. The number of unbranched alkanes of at least 4 members (excludes halogenated alkanes) is 1. The second kappa shape index (κ2) is 12.1. The zero-order valence-electron chi connectivity index (χ0n) is 16.1. The van der Waals surface area contributed by atoms with E-state index in [1.165, 1.54) is 5.57 Å². The minimum Gasteiger partial charge on any atom is -0.497 e. The molecule has 0 aliphatic carbocycles. The van der Waals surface area contributed by atoms with Gasteiger partial charge in [0.05, 0.1) is 25.9 Å². The topological polar surface area (TPSA) is 58.9 Å². The molecule has 0 aliphatic heterocycles. The van der Waals surface area contributed by atoms with Crippen LogP contribution in [0.5, 0.6) is 5.75 Å². The molecule has 0 amide bonds. The fourth-order valence-electron chi connectivity index (χ4n) is 2.74. The zero-order chi connectivity index (χ0) is 18.7. The molecule has 0 bridgehead atoms. The van der Waals surface area contributed by atoms with Gasteiger partial charge in [-0.2, -0.15) is 0 Å². The van der Waals surface area contributed by atoms with E-state index in [-0.39, 0.29) is 5.92 Å². The van der Waals surface area contributed by atoms with Crippen molar-refractivity contribution >= 4 is 0 Å². The highest BCUT2D eigenvalue weighted by Gasteiger charge is 2.16. The fraction of sp³-hybridized carbons (Fsp3) is 0.619. The summed E-state index contributed by atoms with van der Waals surface area (Å²) in [6.07, 6.45) is 4.04. The third-order valence-corrected chi connectivity index (χ3v) is 4.22. The molecule has 0 spiro atoms. The normalized spacial score (nSPS) is 14.6. The molecule has 2 N–H and O–H groups in total. The van der Waals surface area contributed by atoms with Crippen LogP contribution in [0.3, 0.4) is 0 Å². The fourth-order valence-corrected chi connectivity index (χ4v) is 2.74. The molecule has 1 aromatic carbocycles. The lowest BCUT2D eigenvalue weighted by Crippen LogP contribution is -2.23. The Hall–Kier alpha value is -1.36. The van der Waals surface area contributed by atoms with E-state index in [2.05, 4.69) is 0 Å². The molecule has 1 aromatic rings. The van der Waals surface area contributed by atoms with Crippen LogP contribution in [-0.4, -0.2) is 36.1 Å². The van der Waals surface area contributed by atoms with Crippen LogP contribution < -0.4 is 4.74 Å². The third-order valence-electron chi connectivity index (χ3n) is 4.22. The maximum Gasteiger partial charge on any atom is 0.118 e. The molecule has 1 rings (SSSR count). The first-order valence-electron chi connectivity index (χ1n) is 9.14. The van der Waals surface area contributed by atoms with Crippen LogP contribution in [-0.2, 0) is 11.3 Å². The Labute approximate surface area is 152 Å². The van der Waals surface area contributed by atoms with Crippen molar-refractivity contribution in [2.24, 2.45) is 5.92 Å². The van der Waals surface area contributed by atoms with Crippen molar-refractivity contribution in [2.75, 3.05) is 13.7 Å². The van der Waals surface area contributed by atoms with E-state index in [0.29, 0.717) is 26.1 Å². The SMILES string of the molecule is COc1ccc(COCCCC[C@H](O)C[C@@H](O)[C@@H](C)C=C(C)C)cc1. The molecule has 0 saturated heterocycles. The molecule has 0 fully saturated rings. The second-order valence-corrected chi connectivity index (χ2v) is 6.96. The summed E-state index contributed by atoms with van der Waals surface area (Å²) in [7, 11) is 1.65. The van der Waals surface area contributed by atoms with Gasteiger partial charge in [-0.1, -0.05) is 30.7 Å². The molecule has 0 heterocycles. The van der Waals surface area contributed by atoms with E-state index in [9.17, 15) is 10.2 Å². The summed E-state index contributed by atoms with van der Waals surface area (Å²) in [4.78, 5) is 0. The Bertz CT molecular complexity index is 491. The van der Waals surface area contributed by atoms with Gasteiger partial charge >= 0.3 is 0 Å². The first-order valence-corrected chi connectivity index (χ1v) is 9.14. The van der Waals surface area contributed by atoms with Crippen LogP contribution in [0.1, 0.15) is 52.0 Å². The van der Waals surface area contributed by atoms with Crippen molar-refractivity contribution in [3.63, 3.8) is 0 Å². The molecular weight excluding hydrogens is 316 g/mol. The predicted octanol–water partition coefficient (Wildman–Crippen LogP) is 4.10. The standard InChI is InChI=1S/C21H34O4/c1-16(2)13-17(3)21(23)14-19(22)7-5-6-12-25-15-18-8-10-20(24-4)11-9-18/h8-11,13,17,19,21-23H,5-7,12,14-15H2,1-4H3/t17-,19-,21+/m0/s1. The van der Waals surface area contributed by atoms with E-state index in [0.717, 1.165) is 24.2 Å². The molecule has 0 saturated carbocycles. The van der Waals surface area contributed by atoms with Crippen LogP contribution in [0.2, 0.25) is 0 Å². The van der Waals surface area contributed by atoms with Gasteiger partial charge in [-0.15, -0.1) is 0 Å². The van der Waals surface area contributed by atoms with Crippen molar-refractivity contribution < 1.29 is 19.7 Å². The van der Waals surface area contributed by atoms with E-state index < -0.39 is 12.2 Å². The zero-order valence-corrected chi connectivity index (χ0v) is 16.1. The average Bonchev–Trinajstić information content (AvgIpc) is 2.57. The summed E-state index contributed by atoms with van der Waals surface area (Å²) < 4.78 is 10.8. The van der Waals surface area contributed by atoms with Crippen LogP contribution in [0.4, 0.5) is 0 Å². The predicted molar refractivity (Wildman–Crippen MR) is 102 cm³/mol. The van der Waals surface area contributed by atoms with E-state index in [4.69, 9.17) is 9.47 Å². The van der Waals surface area contributed by atoms with Crippen LogP contribution in [0.25, 0.3) is 0 Å². The molecular formula is C21H34O4. The Morgan fingerprint density at radius 2 is 1.80 bits per heavy atom. The Balaban J connectivity index is 2.11. The minimum atomic E-state index is -0.490. The van der Waals surface area contributed by atoms with Crippen molar-refractivity contribution in [3.05, 3.63) is 41.5 Å². The summed E-state index contributed by atoms with van der Waals surface area (Å²) >= 11 is 0. The summed E-state index contributed by atoms with van der Waals surface area (Å²) in [6.45, 7) is 7.29. The smallest absolute Gasteiger partial charge is 0.118 e. The van der Waals surface area contributed by atoms with Crippen molar-refractivity contribution in [3.8, 4) is 5.75 Å². The molecule has 0 aromatic heterocycles. The van der Waals surface area contributed by atoms with Gasteiger partial charge in [-0.05, 0) is 57.2 Å². The Morgan fingerprint density at radius 3 is 2.40 bits per heavy atom. The van der Waals surface area contributed by atoms with Crippen molar-refractivity contribution in [1.82, 2.24) is 0 Å². The van der Waals surface area contributed by atoms with Crippen molar-refractivity contribution in [1.29, 1.82) is 0 Å². The van der Waals surface area contributed by atoms with Gasteiger partial charge in [0.2, 0.25) is 0 Å². The number of ether oxygens (including phenoxy) is 2. The summed E-state index contributed by atoms with van der Waals surface area (Å²) in [6, 6.07) is 7.85. The highest BCUT2D eigenvalue weighted by molar-refractivity contribution is 5.26. The summed E-state index contributed by atoms with van der Waals surface area (Å²) in [5.41, 5.74) is 2.31. The van der Waals surface area contributed by atoms with Gasteiger partial charge in [0.25, 0.3) is 0 Å². The molecule has 142 valence electrons. The van der Waals surface area contributed by atoms with Gasteiger partial charge < -0.3 is 19.7 Å². The van der Waals surface area contributed by atoms with E-state index >= 15 is 0 Å². The quantitative estimate of drug-likeness (QED) is 0.440. The second-order valence-electron chi connectivity index (χ2n) is 6.96. The first kappa shape index (κ1) is 21.7. The number of rotatable bonds is 12. The van der Waals surface area contributed by atoms with Gasteiger partial charge in [-0.3, -0.25) is 0 Å². The van der Waals surface area contributed by atoms with Gasteiger partial charge in [0, 0.05) is 12.5 Å². The number of hydrogen-bond donors (Lipinski definition) is 2. The molecule has 0 radical (unpaired) electrons. The van der Waals surface area contributed by atoms with Gasteiger partial charge in [0.1, 0.15) is 5.75 Å². The van der Waals surface area contributed by atoms with Crippen LogP contribution in [0, 0.1) is 5.92 Å². The lowest BCUT2D eigenvalue weighted by atomic mass is 9.95. The molecule has 4 heteroatoms. The highest BCUT2D eigenvalue weighted by Crippen LogP contribution is 2.16. The highest BCUT2D eigenvalue weighted by atomic mass is 16.5. The first-order chi connectivity index (χ1) is 11.9. The van der Waals surface area contributed by atoms with Crippen molar-refractivity contribution in [2.45, 2.75) is 65.3 Å². The number of hydrogen-bond acceptors (Lipinski definition) is 4. The summed E-state index contributed by atoms with van der Waals surface area (Å²) in [5.74, 6) is 0.923. The third kappa shape index (κ3) is 9.63. The number of aliphatic hydroxyl groups is 2. The number of allylic oxidation sites excluding steroid dienone is 1. The minimum absolute atomic E-state index is 0.0764. The van der Waals surface area contributed by atoms with E-state index in [1.54, 1.807) is 7.11 Å².